The third-order valence-corrected chi connectivity index (χ3v) is 5.55. The predicted molar refractivity (Wildman–Crippen MR) is 117 cm³/mol. The molecule has 2 atom stereocenters. The summed E-state index contributed by atoms with van der Waals surface area (Å²) in [6.07, 6.45) is 7.93. The van der Waals surface area contributed by atoms with Crippen LogP contribution in [0, 0.1) is 0 Å². The summed E-state index contributed by atoms with van der Waals surface area (Å²) in [7, 11) is 0. The van der Waals surface area contributed by atoms with Crippen molar-refractivity contribution in [3.05, 3.63) is 70.6 Å². The Bertz CT molecular complexity index is 1220. The molecule has 30 heavy (non-hydrogen) atoms. The molecule has 3 heterocycles. The third-order valence-electron chi connectivity index (χ3n) is 5.35. The van der Waals surface area contributed by atoms with Gasteiger partial charge in [0.25, 0.3) is 0 Å². The Morgan fingerprint density at radius 2 is 1.70 bits per heavy atom. The minimum atomic E-state index is -0.172. The maximum atomic E-state index is 12.3. The van der Waals surface area contributed by atoms with E-state index in [0.29, 0.717) is 17.2 Å². The van der Waals surface area contributed by atoms with Crippen LogP contribution in [0.5, 0.6) is 0 Å². The Labute approximate surface area is 177 Å². The van der Waals surface area contributed by atoms with E-state index in [-0.39, 0.29) is 5.69 Å². The van der Waals surface area contributed by atoms with Crippen LogP contribution in [0.15, 0.2) is 59.8 Å². The molecule has 0 spiro atoms. The first-order valence-electron chi connectivity index (χ1n) is 9.82. The summed E-state index contributed by atoms with van der Waals surface area (Å²) in [6, 6.07) is 12.1. The molecule has 0 bridgehead atoms. The molecule has 4 aromatic rings. The highest BCUT2D eigenvalue weighted by Crippen LogP contribution is 2.25. The van der Waals surface area contributed by atoms with E-state index in [4.69, 9.17) is 11.6 Å². The molecule has 0 radical (unpaired) electrons. The van der Waals surface area contributed by atoms with Crippen molar-refractivity contribution < 1.29 is 0 Å². The van der Waals surface area contributed by atoms with Gasteiger partial charge in [0.05, 0.1) is 35.3 Å². The highest BCUT2D eigenvalue weighted by atomic mass is 35.5. The molecule has 1 aliphatic rings. The van der Waals surface area contributed by atoms with Crippen LogP contribution in [0.2, 0.25) is 5.15 Å². The summed E-state index contributed by atoms with van der Waals surface area (Å²) >= 11 is 5.78. The first kappa shape index (κ1) is 18.6. The van der Waals surface area contributed by atoms with Crippen LogP contribution in [0.25, 0.3) is 16.7 Å². The molecule has 0 saturated heterocycles. The molecule has 1 fully saturated rings. The topological polar surface area (TPSA) is 101 Å². The molecule has 1 saturated carbocycles. The number of anilines is 2. The Morgan fingerprint density at radius 1 is 0.933 bits per heavy atom. The highest BCUT2D eigenvalue weighted by molar-refractivity contribution is 6.29. The molecule has 0 aliphatic heterocycles. The van der Waals surface area contributed by atoms with Crippen LogP contribution < -0.4 is 16.3 Å². The summed E-state index contributed by atoms with van der Waals surface area (Å²) < 4.78 is 1.63. The van der Waals surface area contributed by atoms with Crippen LogP contribution >= 0.6 is 11.6 Å². The van der Waals surface area contributed by atoms with Gasteiger partial charge in [-0.25, -0.2) is 19.7 Å². The van der Waals surface area contributed by atoms with Crippen LogP contribution in [0.4, 0.5) is 11.6 Å². The molecule has 0 amide bonds. The molecule has 3 N–H and O–H groups in total. The number of aromatic nitrogens is 5. The second-order valence-corrected chi connectivity index (χ2v) is 7.79. The molecular formula is C21H20ClN7O. The molecule has 0 unspecified atom stereocenters. The first-order chi connectivity index (χ1) is 14.7. The van der Waals surface area contributed by atoms with Gasteiger partial charge < -0.3 is 15.6 Å². The average molecular weight is 422 g/mol. The molecular weight excluding hydrogens is 402 g/mol. The largest absolute Gasteiger partial charge is 0.367 e. The number of H-pyrrole nitrogens is 1. The van der Waals surface area contributed by atoms with Crippen LogP contribution in [0.3, 0.4) is 0 Å². The molecule has 5 rings (SSSR count). The quantitative estimate of drug-likeness (QED) is 0.455. The van der Waals surface area contributed by atoms with E-state index in [9.17, 15) is 4.79 Å². The van der Waals surface area contributed by atoms with E-state index in [1.807, 2.05) is 36.4 Å². The van der Waals surface area contributed by atoms with Gasteiger partial charge in [-0.3, -0.25) is 4.57 Å². The minimum Gasteiger partial charge on any atom is -0.367 e. The molecule has 1 aliphatic carbocycles. The first-order valence-corrected chi connectivity index (χ1v) is 10.2. The van der Waals surface area contributed by atoms with Crippen molar-refractivity contribution in [2.75, 3.05) is 10.6 Å². The van der Waals surface area contributed by atoms with Gasteiger partial charge >= 0.3 is 5.69 Å². The zero-order valence-corrected chi connectivity index (χ0v) is 16.8. The number of hydrogen-bond donors (Lipinski definition) is 3. The summed E-state index contributed by atoms with van der Waals surface area (Å²) in [5, 5.41) is 7.27. The molecule has 3 aromatic heterocycles. The number of halogens is 1. The van der Waals surface area contributed by atoms with Gasteiger partial charge in [0.1, 0.15) is 16.8 Å². The third kappa shape index (κ3) is 3.73. The fraction of sp³-hybridized carbons (Fsp3) is 0.238. The van der Waals surface area contributed by atoms with Crippen molar-refractivity contribution in [3.8, 4) is 5.69 Å². The minimum absolute atomic E-state index is 0.172. The molecule has 152 valence electrons. The van der Waals surface area contributed by atoms with Crippen molar-refractivity contribution in [2.45, 2.75) is 31.3 Å². The smallest absolute Gasteiger partial charge is 0.331 e. The number of nitrogens with one attached hydrogen (secondary N) is 3. The number of hydrogen-bond acceptors (Lipinski definition) is 6. The number of pyridine rings is 1. The SMILES string of the molecule is O=c1[nH]c2ccccc2n1-c1ccc(N[C@H]2CC[C@H](Nc3cnc(Cl)cn3)C2)nc1. The summed E-state index contributed by atoms with van der Waals surface area (Å²) in [4.78, 5) is 28.0. The zero-order valence-electron chi connectivity index (χ0n) is 16.0. The Balaban J connectivity index is 1.25. The Kier molecular flexibility index (Phi) is 4.84. The maximum Gasteiger partial charge on any atom is 0.331 e. The average Bonchev–Trinajstić information content (AvgIpc) is 3.33. The lowest BCUT2D eigenvalue weighted by Crippen LogP contribution is -2.21. The number of aromatic amines is 1. The number of imidazole rings is 1. The fourth-order valence-electron chi connectivity index (χ4n) is 3.96. The van der Waals surface area contributed by atoms with E-state index >= 15 is 0 Å². The number of nitrogens with zero attached hydrogens (tertiary/aromatic N) is 4. The van der Waals surface area contributed by atoms with Crippen LogP contribution in [0.1, 0.15) is 19.3 Å². The van der Waals surface area contributed by atoms with Gasteiger partial charge in [-0.15, -0.1) is 0 Å². The van der Waals surface area contributed by atoms with Gasteiger partial charge in [0.15, 0.2) is 0 Å². The summed E-state index contributed by atoms with van der Waals surface area (Å²) in [5.74, 6) is 1.53. The van der Waals surface area contributed by atoms with Gasteiger partial charge in [0.2, 0.25) is 0 Å². The summed E-state index contributed by atoms with van der Waals surface area (Å²) in [6.45, 7) is 0. The lowest BCUT2D eigenvalue weighted by atomic mass is 10.2. The van der Waals surface area contributed by atoms with E-state index in [1.165, 1.54) is 0 Å². The molecule has 1 aromatic carbocycles. The molecule has 8 nitrogen and oxygen atoms in total. The van der Waals surface area contributed by atoms with Gasteiger partial charge in [0, 0.05) is 12.1 Å². The lowest BCUT2D eigenvalue weighted by molar-refractivity contribution is 0.719. The second-order valence-electron chi connectivity index (χ2n) is 7.40. The van der Waals surface area contributed by atoms with E-state index < -0.39 is 0 Å². The van der Waals surface area contributed by atoms with Crippen molar-refractivity contribution in [1.82, 2.24) is 24.5 Å². The number of benzene rings is 1. The van der Waals surface area contributed by atoms with Crippen molar-refractivity contribution in [3.63, 3.8) is 0 Å². The van der Waals surface area contributed by atoms with Crippen molar-refractivity contribution in [1.29, 1.82) is 0 Å². The number of para-hydroxylation sites is 2. The fourth-order valence-corrected chi connectivity index (χ4v) is 4.06. The van der Waals surface area contributed by atoms with Crippen LogP contribution in [-0.2, 0) is 0 Å². The monoisotopic (exact) mass is 421 g/mol. The number of rotatable bonds is 5. The lowest BCUT2D eigenvalue weighted by Gasteiger charge is -2.15. The normalized spacial score (nSPS) is 18.6. The van der Waals surface area contributed by atoms with Crippen LogP contribution in [-0.4, -0.2) is 36.6 Å². The zero-order chi connectivity index (χ0) is 20.5. The second kappa shape index (κ2) is 7.79. The van der Waals surface area contributed by atoms with Crippen molar-refractivity contribution in [2.24, 2.45) is 0 Å². The van der Waals surface area contributed by atoms with Gasteiger partial charge in [-0.2, -0.15) is 0 Å². The highest BCUT2D eigenvalue weighted by Gasteiger charge is 2.25. The van der Waals surface area contributed by atoms with E-state index in [0.717, 1.165) is 47.6 Å². The summed E-state index contributed by atoms with van der Waals surface area (Å²) in [5.41, 5.74) is 2.20. The molecule has 9 heteroatoms. The standard InChI is InChI=1S/C21H20ClN7O/c22-18-11-25-20(12-23-18)27-14-6-5-13(9-14)26-19-8-7-15(10-24-19)29-17-4-2-1-3-16(17)28-21(29)30/h1-4,7-8,10-14H,5-6,9H2,(H,24,26)(H,25,27)(H,28,30)/t13-,14-/m0/s1. The van der Waals surface area contributed by atoms with Gasteiger partial charge in [-0.05, 0) is 43.5 Å². The Hall–Kier alpha value is -3.39. The van der Waals surface area contributed by atoms with Crippen molar-refractivity contribution >= 4 is 34.3 Å². The van der Waals surface area contributed by atoms with E-state index in [2.05, 4.69) is 30.6 Å². The van der Waals surface area contributed by atoms with Gasteiger partial charge in [-0.1, -0.05) is 23.7 Å². The maximum absolute atomic E-state index is 12.3. The number of fused-ring (bicyclic) bond motifs is 1. The predicted octanol–water partition coefficient (Wildman–Crippen LogP) is 3.60. The Morgan fingerprint density at radius 3 is 2.43 bits per heavy atom. The van der Waals surface area contributed by atoms with E-state index in [1.54, 1.807) is 23.2 Å².